The molecule has 1 heteroatoms. The van der Waals surface area contributed by atoms with E-state index in [0.29, 0.717) is 0 Å². The van der Waals surface area contributed by atoms with Gasteiger partial charge in [0, 0.05) is 10.8 Å². The van der Waals surface area contributed by atoms with Crippen LogP contribution in [0.4, 0.5) is 0 Å². The lowest BCUT2D eigenvalue weighted by Gasteiger charge is -2.42. The second kappa shape index (κ2) is 10.0. The fourth-order valence-electron chi connectivity index (χ4n) is 5.41. The molecule has 5 aromatic rings. The fraction of sp³-hybridized carbons (Fsp3) is 0.0857. The smallest absolute Gasteiger partial charge is 0.0713 e. The van der Waals surface area contributed by atoms with Crippen molar-refractivity contribution in [1.29, 1.82) is 0 Å². The van der Waals surface area contributed by atoms with E-state index in [0.717, 1.165) is 6.42 Å². The predicted octanol–water partition coefficient (Wildman–Crippen LogP) is 9.34. The van der Waals surface area contributed by atoms with Crippen LogP contribution < -0.4 is 0 Å². The van der Waals surface area contributed by atoms with E-state index in [4.69, 9.17) is 0 Å². The summed E-state index contributed by atoms with van der Waals surface area (Å²) in [7, 11) is 0. The van der Waals surface area contributed by atoms with E-state index < -0.39 is 0 Å². The topological polar surface area (TPSA) is 0 Å². The van der Waals surface area contributed by atoms with Gasteiger partial charge in [0.1, 0.15) is 0 Å². The molecule has 0 saturated heterocycles. The van der Waals surface area contributed by atoms with Gasteiger partial charge in [0.05, 0.1) is 4.75 Å². The van der Waals surface area contributed by atoms with Gasteiger partial charge in [-0.1, -0.05) is 146 Å². The summed E-state index contributed by atoms with van der Waals surface area (Å²) in [4.78, 5) is 1.36. The third kappa shape index (κ3) is 4.32. The van der Waals surface area contributed by atoms with Gasteiger partial charge < -0.3 is 0 Å². The molecule has 0 fully saturated rings. The molecule has 1 unspecified atom stereocenters. The van der Waals surface area contributed by atoms with Crippen molar-refractivity contribution < 1.29 is 0 Å². The van der Waals surface area contributed by atoms with Crippen LogP contribution in [0.15, 0.2) is 157 Å². The van der Waals surface area contributed by atoms with Crippen molar-refractivity contribution in [2.24, 2.45) is 0 Å². The Bertz CT molecular complexity index is 1370. The van der Waals surface area contributed by atoms with Crippen LogP contribution in [0.5, 0.6) is 0 Å². The number of fused-ring (bicyclic) bond motifs is 1. The zero-order valence-electron chi connectivity index (χ0n) is 20.1. The maximum Gasteiger partial charge on any atom is 0.0713 e. The summed E-state index contributed by atoms with van der Waals surface area (Å²) in [6, 6.07) is 52.7. The van der Waals surface area contributed by atoms with E-state index in [2.05, 4.69) is 152 Å². The molecule has 0 amide bonds. The first kappa shape index (κ1) is 22.6. The van der Waals surface area contributed by atoms with E-state index >= 15 is 0 Å². The van der Waals surface area contributed by atoms with Gasteiger partial charge in [-0.05, 0) is 45.9 Å². The van der Waals surface area contributed by atoms with Crippen LogP contribution >= 0.6 is 11.8 Å². The van der Waals surface area contributed by atoms with Crippen molar-refractivity contribution in [2.45, 2.75) is 22.0 Å². The molecule has 0 radical (unpaired) electrons. The standard InChI is InChI=1S/C35H28S/c1-5-15-27(16-6-1)33(28-17-7-2-8-18-28)25-29-26-35(30-19-9-3-10-20-30,31-21-11-4-12-22-31)36-34-24-14-13-23-32(29)34/h1-25,29H,26H2. The molecule has 0 saturated carbocycles. The van der Waals surface area contributed by atoms with E-state index in [1.807, 2.05) is 11.8 Å². The molecule has 36 heavy (non-hydrogen) atoms. The Labute approximate surface area is 218 Å². The number of hydrogen-bond acceptors (Lipinski definition) is 1. The minimum atomic E-state index is -0.170. The molecule has 0 aliphatic carbocycles. The Hall–Kier alpha value is -3.81. The number of benzene rings is 5. The van der Waals surface area contributed by atoms with Crippen molar-refractivity contribution in [3.8, 4) is 0 Å². The Morgan fingerprint density at radius 1 is 0.556 bits per heavy atom. The lowest BCUT2D eigenvalue weighted by molar-refractivity contribution is 0.591. The monoisotopic (exact) mass is 480 g/mol. The SMILES string of the molecule is C(=C(c1ccccc1)c1ccccc1)C1CC(c2ccccc2)(c2ccccc2)Sc2ccccc21. The van der Waals surface area contributed by atoms with Crippen LogP contribution in [0.1, 0.15) is 40.2 Å². The molecule has 5 aromatic carbocycles. The largest absolute Gasteiger partial charge is 0.109 e. The zero-order valence-corrected chi connectivity index (χ0v) is 20.9. The van der Waals surface area contributed by atoms with Crippen LogP contribution in [0, 0.1) is 0 Å². The molecule has 1 aliphatic rings. The maximum atomic E-state index is 2.52. The van der Waals surface area contributed by atoms with Crippen molar-refractivity contribution in [3.05, 3.63) is 179 Å². The lowest BCUT2D eigenvalue weighted by atomic mass is 9.78. The maximum absolute atomic E-state index is 2.52. The minimum absolute atomic E-state index is 0.170. The van der Waals surface area contributed by atoms with Crippen molar-refractivity contribution in [1.82, 2.24) is 0 Å². The first-order valence-corrected chi connectivity index (χ1v) is 13.4. The highest BCUT2D eigenvalue weighted by molar-refractivity contribution is 8.00. The summed E-state index contributed by atoms with van der Waals surface area (Å²) >= 11 is 2.00. The summed E-state index contributed by atoms with van der Waals surface area (Å²) in [6.45, 7) is 0. The van der Waals surface area contributed by atoms with Crippen molar-refractivity contribution >= 4 is 17.3 Å². The van der Waals surface area contributed by atoms with Crippen molar-refractivity contribution in [2.75, 3.05) is 0 Å². The summed E-state index contributed by atoms with van der Waals surface area (Å²) < 4.78 is -0.170. The summed E-state index contributed by atoms with van der Waals surface area (Å²) in [5.41, 5.74) is 7.92. The average molecular weight is 481 g/mol. The van der Waals surface area contributed by atoms with Crippen LogP contribution in [0.25, 0.3) is 5.57 Å². The molecule has 0 aromatic heterocycles. The van der Waals surface area contributed by atoms with Gasteiger partial charge in [-0.3, -0.25) is 0 Å². The average Bonchev–Trinajstić information content (AvgIpc) is 2.97. The molecule has 1 aliphatic heterocycles. The van der Waals surface area contributed by atoms with Gasteiger partial charge in [0.2, 0.25) is 0 Å². The third-order valence-corrected chi connectivity index (χ3v) is 8.71. The first-order valence-electron chi connectivity index (χ1n) is 12.6. The highest BCUT2D eigenvalue weighted by atomic mass is 32.2. The molecule has 1 heterocycles. The second-order valence-electron chi connectivity index (χ2n) is 9.32. The normalized spacial score (nSPS) is 16.1. The molecule has 1 atom stereocenters. The summed E-state index contributed by atoms with van der Waals surface area (Å²) in [6.07, 6.45) is 3.51. The number of thioether (sulfide) groups is 1. The quantitative estimate of drug-likeness (QED) is 0.241. The molecule has 6 rings (SSSR count). The van der Waals surface area contributed by atoms with Gasteiger partial charge in [-0.15, -0.1) is 11.8 Å². The summed E-state index contributed by atoms with van der Waals surface area (Å²) in [5, 5.41) is 0. The van der Waals surface area contributed by atoms with E-state index in [1.165, 1.54) is 38.3 Å². The van der Waals surface area contributed by atoms with Crippen molar-refractivity contribution in [3.63, 3.8) is 0 Å². The minimum Gasteiger partial charge on any atom is -0.109 e. The number of allylic oxidation sites excluding steroid dienone is 1. The first-order chi connectivity index (χ1) is 17.8. The van der Waals surface area contributed by atoms with Gasteiger partial charge in [0.25, 0.3) is 0 Å². The van der Waals surface area contributed by atoms with Gasteiger partial charge >= 0.3 is 0 Å². The molecular formula is C35H28S. The Morgan fingerprint density at radius 2 is 1.00 bits per heavy atom. The zero-order chi connectivity index (χ0) is 24.2. The van der Waals surface area contributed by atoms with Gasteiger partial charge in [-0.25, -0.2) is 0 Å². The molecule has 174 valence electrons. The predicted molar refractivity (Wildman–Crippen MR) is 153 cm³/mol. The third-order valence-electron chi connectivity index (χ3n) is 7.13. The van der Waals surface area contributed by atoms with Crippen LogP contribution in [-0.4, -0.2) is 0 Å². The van der Waals surface area contributed by atoms with Gasteiger partial charge in [0.15, 0.2) is 0 Å². The summed E-state index contributed by atoms with van der Waals surface area (Å²) in [5.74, 6) is 0.262. The molecule has 0 N–H and O–H groups in total. The van der Waals surface area contributed by atoms with E-state index in [9.17, 15) is 0 Å². The second-order valence-corrected chi connectivity index (χ2v) is 10.7. The highest BCUT2D eigenvalue weighted by Gasteiger charge is 2.42. The Balaban J connectivity index is 1.57. The molecule has 0 spiro atoms. The van der Waals surface area contributed by atoms with Gasteiger partial charge in [-0.2, -0.15) is 0 Å². The number of rotatable bonds is 5. The van der Waals surface area contributed by atoms with Crippen LogP contribution in [0.2, 0.25) is 0 Å². The van der Waals surface area contributed by atoms with E-state index in [-0.39, 0.29) is 10.7 Å². The lowest BCUT2D eigenvalue weighted by Crippen LogP contribution is -2.29. The van der Waals surface area contributed by atoms with Crippen LogP contribution in [-0.2, 0) is 4.75 Å². The highest BCUT2D eigenvalue weighted by Crippen LogP contribution is 2.58. The fourth-order valence-corrected chi connectivity index (χ4v) is 7.04. The molecule has 0 nitrogen and oxygen atoms in total. The Morgan fingerprint density at radius 3 is 1.53 bits per heavy atom. The molecule has 0 bridgehead atoms. The van der Waals surface area contributed by atoms with E-state index in [1.54, 1.807) is 0 Å². The molecular weight excluding hydrogens is 452 g/mol. The Kier molecular flexibility index (Phi) is 6.32. The van der Waals surface area contributed by atoms with Crippen LogP contribution in [0.3, 0.4) is 0 Å². The number of hydrogen-bond donors (Lipinski definition) is 0.